The average Bonchev–Trinajstić information content (AvgIpc) is 2.38. The molecule has 20 heavy (non-hydrogen) atoms. The molecule has 0 atom stereocenters. The van der Waals surface area contributed by atoms with Gasteiger partial charge < -0.3 is 4.74 Å². The summed E-state index contributed by atoms with van der Waals surface area (Å²) in [5, 5.41) is 0. The highest BCUT2D eigenvalue weighted by atomic mass is 32.2. The molecular weight excluding hydrogens is 276 g/mol. The van der Waals surface area contributed by atoms with Crippen molar-refractivity contribution in [3.05, 3.63) is 12.7 Å². The lowest BCUT2D eigenvalue weighted by Crippen LogP contribution is -2.05. The second kappa shape index (κ2) is 13.6. The van der Waals surface area contributed by atoms with E-state index in [0.29, 0.717) is 19.4 Å². The predicted octanol–water partition coefficient (Wildman–Crippen LogP) is 3.98. The van der Waals surface area contributed by atoms with Crippen LogP contribution in [0.1, 0.15) is 64.2 Å². The van der Waals surface area contributed by atoms with Crippen LogP contribution >= 0.6 is 0 Å². The van der Waals surface area contributed by atoms with E-state index in [2.05, 4.69) is 6.58 Å². The maximum absolute atomic E-state index is 10.5. The summed E-state index contributed by atoms with van der Waals surface area (Å²) in [5.41, 5.74) is 0. The maximum atomic E-state index is 10.5. The van der Waals surface area contributed by atoms with Crippen molar-refractivity contribution < 1.29 is 17.7 Å². The van der Waals surface area contributed by atoms with E-state index in [1.165, 1.54) is 38.5 Å². The lowest BCUT2D eigenvalue weighted by molar-refractivity contribution is 0.127. The van der Waals surface area contributed by atoms with Gasteiger partial charge in [-0.15, -0.1) is 6.58 Å². The van der Waals surface area contributed by atoms with E-state index in [4.69, 9.17) is 9.29 Å². The summed E-state index contributed by atoms with van der Waals surface area (Å²) in [4.78, 5) is 0. The first-order valence-electron chi connectivity index (χ1n) is 7.70. The fourth-order valence-corrected chi connectivity index (χ4v) is 2.54. The molecule has 0 aliphatic rings. The van der Waals surface area contributed by atoms with Gasteiger partial charge in [0.15, 0.2) is 0 Å². The minimum atomic E-state index is -3.80. The van der Waals surface area contributed by atoms with Crippen LogP contribution in [0.4, 0.5) is 0 Å². The average molecular weight is 306 g/mol. The highest BCUT2D eigenvalue weighted by Crippen LogP contribution is 2.08. The molecule has 120 valence electrons. The van der Waals surface area contributed by atoms with Gasteiger partial charge in [0, 0.05) is 13.2 Å². The second-order valence-corrected chi connectivity index (χ2v) is 6.73. The van der Waals surface area contributed by atoms with Crippen molar-refractivity contribution in [2.45, 2.75) is 64.2 Å². The van der Waals surface area contributed by atoms with Crippen LogP contribution < -0.4 is 0 Å². The van der Waals surface area contributed by atoms with E-state index >= 15 is 0 Å². The summed E-state index contributed by atoms with van der Waals surface area (Å²) in [5.74, 6) is -0.164. The van der Waals surface area contributed by atoms with Gasteiger partial charge in [0.1, 0.15) is 0 Å². The SMILES string of the molecule is C=CCCCCCCCCCOCCCCS(=O)(=O)O. The van der Waals surface area contributed by atoms with Gasteiger partial charge in [-0.3, -0.25) is 4.55 Å². The van der Waals surface area contributed by atoms with Crippen LogP contribution in [-0.2, 0) is 14.9 Å². The molecule has 0 radical (unpaired) electrons. The second-order valence-electron chi connectivity index (χ2n) is 5.16. The van der Waals surface area contributed by atoms with Crippen molar-refractivity contribution in [2.24, 2.45) is 0 Å². The van der Waals surface area contributed by atoms with Gasteiger partial charge in [0.2, 0.25) is 0 Å². The van der Waals surface area contributed by atoms with Crippen LogP contribution in [0.2, 0.25) is 0 Å². The highest BCUT2D eigenvalue weighted by molar-refractivity contribution is 7.85. The number of hydrogen-bond donors (Lipinski definition) is 1. The molecule has 0 heterocycles. The molecule has 5 heteroatoms. The molecule has 0 fully saturated rings. The maximum Gasteiger partial charge on any atom is 0.264 e. The van der Waals surface area contributed by atoms with Crippen LogP contribution in [0, 0.1) is 0 Å². The van der Waals surface area contributed by atoms with E-state index in [9.17, 15) is 8.42 Å². The first kappa shape index (κ1) is 19.6. The Morgan fingerprint density at radius 3 is 1.90 bits per heavy atom. The minimum Gasteiger partial charge on any atom is -0.381 e. The Morgan fingerprint density at radius 1 is 0.850 bits per heavy atom. The summed E-state index contributed by atoms with van der Waals surface area (Å²) < 4.78 is 34.9. The van der Waals surface area contributed by atoms with Crippen molar-refractivity contribution in [1.82, 2.24) is 0 Å². The zero-order valence-corrected chi connectivity index (χ0v) is 13.4. The Hall–Kier alpha value is -0.390. The van der Waals surface area contributed by atoms with Crippen LogP contribution in [0.5, 0.6) is 0 Å². The van der Waals surface area contributed by atoms with Crippen molar-refractivity contribution in [1.29, 1.82) is 0 Å². The Labute approximate surface area is 124 Å². The van der Waals surface area contributed by atoms with Gasteiger partial charge in [-0.05, 0) is 32.1 Å². The summed E-state index contributed by atoms with van der Waals surface area (Å²) in [6, 6.07) is 0. The van der Waals surface area contributed by atoms with E-state index < -0.39 is 10.1 Å². The number of hydrogen-bond acceptors (Lipinski definition) is 3. The molecule has 0 amide bonds. The van der Waals surface area contributed by atoms with E-state index in [1.807, 2.05) is 6.08 Å². The minimum absolute atomic E-state index is 0.164. The standard InChI is InChI=1S/C15H30O4S/c1-2-3-4-5-6-7-8-9-10-13-19-14-11-12-15-20(16,17)18/h2H,1,3-15H2,(H,16,17,18). The number of rotatable bonds is 15. The molecule has 0 aromatic rings. The Balaban J connectivity index is 3.04. The van der Waals surface area contributed by atoms with Gasteiger partial charge in [-0.1, -0.05) is 38.2 Å². The third-order valence-corrected chi connectivity index (χ3v) is 3.94. The summed E-state index contributed by atoms with van der Waals surface area (Å²) in [6.45, 7) is 5.04. The molecule has 0 saturated heterocycles. The van der Waals surface area contributed by atoms with Crippen LogP contribution in [0.3, 0.4) is 0 Å². The smallest absolute Gasteiger partial charge is 0.264 e. The Morgan fingerprint density at radius 2 is 1.35 bits per heavy atom. The summed E-state index contributed by atoms with van der Waals surface area (Å²) in [7, 11) is -3.80. The van der Waals surface area contributed by atoms with Gasteiger partial charge in [0.25, 0.3) is 10.1 Å². The topological polar surface area (TPSA) is 63.6 Å². The quantitative estimate of drug-likeness (QED) is 0.282. The van der Waals surface area contributed by atoms with Gasteiger partial charge in [0.05, 0.1) is 5.75 Å². The third kappa shape index (κ3) is 17.6. The van der Waals surface area contributed by atoms with Crippen molar-refractivity contribution >= 4 is 10.1 Å². The number of unbranched alkanes of at least 4 members (excludes halogenated alkanes) is 8. The van der Waals surface area contributed by atoms with Crippen LogP contribution in [0.25, 0.3) is 0 Å². The first-order valence-corrected chi connectivity index (χ1v) is 9.31. The molecular formula is C15H30O4S. The monoisotopic (exact) mass is 306 g/mol. The molecule has 0 aromatic carbocycles. The lowest BCUT2D eigenvalue weighted by atomic mass is 10.1. The zero-order chi connectivity index (χ0) is 15.1. The molecule has 0 aromatic heterocycles. The normalized spacial score (nSPS) is 11.7. The van der Waals surface area contributed by atoms with E-state index in [-0.39, 0.29) is 5.75 Å². The Kier molecular flexibility index (Phi) is 13.3. The molecule has 0 spiro atoms. The molecule has 1 N–H and O–H groups in total. The summed E-state index contributed by atoms with van der Waals surface area (Å²) in [6.07, 6.45) is 13.0. The van der Waals surface area contributed by atoms with Crippen molar-refractivity contribution in [3.63, 3.8) is 0 Å². The van der Waals surface area contributed by atoms with Gasteiger partial charge in [-0.25, -0.2) is 0 Å². The molecule has 0 saturated carbocycles. The molecule has 4 nitrogen and oxygen atoms in total. The van der Waals surface area contributed by atoms with Crippen LogP contribution in [-0.4, -0.2) is 31.9 Å². The van der Waals surface area contributed by atoms with E-state index in [1.54, 1.807) is 0 Å². The van der Waals surface area contributed by atoms with Crippen LogP contribution in [0.15, 0.2) is 12.7 Å². The first-order chi connectivity index (χ1) is 9.56. The van der Waals surface area contributed by atoms with Gasteiger partial charge in [-0.2, -0.15) is 8.42 Å². The number of ether oxygens (including phenoxy) is 1. The number of allylic oxidation sites excluding steroid dienone is 1. The van der Waals surface area contributed by atoms with Gasteiger partial charge >= 0.3 is 0 Å². The fourth-order valence-electron chi connectivity index (χ4n) is 1.97. The molecule has 0 aliphatic heterocycles. The zero-order valence-electron chi connectivity index (χ0n) is 12.6. The molecule has 0 rings (SSSR count). The summed E-state index contributed by atoms with van der Waals surface area (Å²) >= 11 is 0. The predicted molar refractivity (Wildman–Crippen MR) is 83.6 cm³/mol. The molecule has 0 aliphatic carbocycles. The lowest BCUT2D eigenvalue weighted by Gasteiger charge is -2.04. The van der Waals surface area contributed by atoms with Crippen molar-refractivity contribution in [2.75, 3.05) is 19.0 Å². The molecule has 0 unspecified atom stereocenters. The van der Waals surface area contributed by atoms with E-state index in [0.717, 1.165) is 19.4 Å². The largest absolute Gasteiger partial charge is 0.381 e. The molecule has 0 bridgehead atoms. The third-order valence-electron chi connectivity index (χ3n) is 3.14. The van der Waals surface area contributed by atoms with Crippen molar-refractivity contribution in [3.8, 4) is 0 Å². The Bertz CT molecular complexity index is 312. The fraction of sp³-hybridized carbons (Fsp3) is 0.867. The highest BCUT2D eigenvalue weighted by Gasteiger charge is 2.02.